The van der Waals surface area contributed by atoms with Gasteiger partial charge in [-0.25, -0.2) is 4.98 Å². The van der Waals surface area contributed by atoms with Gasteiger partial charge >= 0.3 is 0 Å². The van der Waals surface area contributed by atoms with Crippen LogP contribution in [0.5, 0.6) is 0 Å². The van der Waals surface area contributed by atoms with Crippen molar-refractivity contribution in [2.24, 2.45) is 5.73 Å². The van der Waals surface area contributed by atoms with E-state index in [1.807, 2.05) is 12.5 Å². The van der Waals surface area contributed by atoms with E-state index < -0.39 is 0 Å². The van der Waals surface area contributed by atoms with E-state index in [1.165, 1.54) is 5.69 Å². The fraction of sp³-hybridized carbons (Fsp3) is 0.786. The Hall–Kier alpha value is -0.910. The van der Waals surface area contributed by atoms with Crippen LogP contribution in [0.3, 0.4) is 0 Å². The zero-order valence-electron chi connectivity index (χ0n) is 12.8. The zero-order valence-corrected chi connectivity index (χ0v) is 12.8. The van der Waals surface area contributed by atoms with Gasteiger partial charge in [-0.1, -0.05) is 6.92 Å². The lowest BCUT2D eigenvalue weighted by atomic mass is 10.1. The Kier molecular flexibility index (Phi) is 7.05. The summed E-state index contributed by atoms with van der Waals surface area (Å²) >= 11 is 0. The van der Waals surface area contributed by atoms with Gasteiger partial charge in [0.25, 0.3) is 0 Å². The Morgan fingerprint density at radius 2 is 2.05 bits per heavy atom. The Morgan fingerprint density at radius 3 is 2.63 bits per heavy atom. The highest BCUT2D eigenvalue weighted by atomic mass is 15.2. The van der Waals surface area contributed by atoms with Gasteiger partial charge in [-0.15, -0.1) is 0 Å². The van der Waals surface area contributed by atoms with Crippen LogP contribution in [0.4, 0.5) is 0 Å². The van der Waals surface area contributed by atoms with Crippen molar-refractivity contribution in [3.8, 4) is 0 Å². The van der Waals surface area contributed by atoms with Crippen molar-refractivity contribution < 1.29 is 0 Å². The van der Waals surface area contributed by atoms with Crippen LogP contribution in [0.15, 0.2) is 12.5 Å². The standard InChI is InChI=1S/C14H29N5/c1-5-7-19-12-16-11-14(19)13(10-15)18(4)9-6-8-17(2)3/h11-13H,5-10,15H2,1-4H3. The molecule has 5 heteroatoms. The lowest BCUT2D eigenvalue weighted by Crippen LogP contribution is -2.34. The van der Waals surface area contributed by atoms with Crippen molar-refractivity contribution in [3.05, 3.63) is 18.2 Å². The molecule has 0 aliphatic heterocycles. The minimum Gasteiger partial charge on any atom is -0.333 e. The maximum atomic E-state index is 5.97. The molecule has 5 nitrogen and oxygen atoms in total. The number of hydrogen-bond donors (Lipinski definition) is 1. The molecule has 1 atom stereocenters. The third-order valence-corrected chi connectivity index (χ3v) is 3.42. The number of aryl methyl sites for hydroxylation is 1. The number of nitrogens with two attached hydrogens (primary N) is 1. The predicted molar refractivity (Wildman–Crippen MR) is 80.1 cm³/mol. The third-order valence-electron chi connectivity index (χ3n) is 3.42. The summed E-state index contributed by atoms with van der Waals surface area (Å²) in [5.41, 5.74) is 7.20. The van der Waals surface area contributed by atoms with Crippen molar-refractivity contribution in [2.45, 2.75) is 32.4 Å². The Morgan fingerprint density at radius 1 is 1.32 bits per heavy atom. The molecule has 1 rings (SSSR count). The number of likely N-dealkylation sites (N-methyl/N-ethyl adjacent to an activating group) is 1. The molecule has 1 aromatic heterocycles. The number of imidazole rings is 1. The van der Waals surface area contributed by atoms with Gasteiger partial charge in [0.1, 0.15) is 0 Å². The second-order valence-corrected chi connectivity index (χ2v) is 5.40. The molecule has 19 heavy (non-hydrogen) atoms. The topological polar surface area (TPSA) is 50.3 Å². The average molecular weight is 267 g/mol. The summed E-state index contributed by atoms with van der Waals surface area (Å²) in [5.74, 6) is 0. The highest BCUT2D eigenvalue weighted by Gasteiger charge is 2.18. The van der Waals surface area contributed by atoms with E-state index in [0.29, 0.717) is 6.54 Å². The van der Waals surface area contributed by atoms with E-state index >= 15 is 0 Å². The molecule has 1 heterocycles. The van der Waals surface area contributed by atoms with Crippen LogP contribution < -0.4 is 5.73 Å². The molecular formula is C14H29N5. The molecule has 0 aliphatic carbocycles. The molecule has 0 bridgehead atoms. The molecule has 0 saturated heterocycles. The molecule has 0 radical (unpaired) electrons. The number of rotatable bonds is 9. The molecule has 0 spiro atoms. The van der Waals surface area contributed by atoms with Crippen molar-refractivity contribution in [1.29, 1.82) is 0 Å². The van der Waals surface area contributed by atoms with Crippen LogP contribution in [0, 0.1) is 0 Å². The van der Waals surface area contributed by atoms with Gasteiger partial charge < -0.3 is 15.2 Å². The molecule has 0 amide bonds. The summed E-state index contributed by atoms with van der Waals surface area (Å²) in [5, 5.41) is 0. The van der Waals surface area contributed by atoms with Crippen LogP contribution in [-0.2, 0) is 6.54 Å². The highest BCUT2D eigenvalue weighted by molar-refractivity contribution is 5.06. The SMILES string of the molecule is CCCn1cncc1C(CN)N(C)CCCN(C)C. The van der Waals surface area contributed by atoms with Gasteiger partial charge in [0.05, 0.1) is 18.1 Å². The summed E-state index contributed by atoms with van der Waals surface area (Å²) in [6.07, 6.45) is 6.14. The number of hydrogen-bond acceptors (Lipinski definition) is 4. The van der Waals surface area contributed by atoms with Crippen LogP contribution in [-0.4, -0.2) is 60.1 Å². The fourth-order valence-electron chi connectivity index (χ4n) is 2.35. The second kappa shape index (κ2) is 8.30. The molecule has 1 unspecified atom stereocenters. The van der Waals surface area contributed by atoms with Gasteiger partial charge in [0, 0.05) is 19.3 Å². The van der Waals surface area contributed by atoms with E-state index in [-0.39, 0.29) is 6.04 Å². The molecular weight excluding hydrogens is 238 g/mol. The smallest absolute Gasteiger partial charge is 0.0948 e. The van der Waals surface area contributed by atoms with E-state index in [9.17, 15) is 0 Å². The van der Waals surface area contributed by atoms with Crippen LogP contribution in [0.25, 0.3) is 0 Å². The first kappa shape index (κ1) is 16.1. The quantitative estimate of drug-likeness (QED) is 0.730. The van der Waals surface area contributed by atoms with Gasteiger partial charge in [0.15, 0.2) is 0 Å². The summed E-state index contributed by atoms with van der Waals surface area (Å²) in [4.78, 5) is 8.83. The van der Waals surface area contributed by atoms with Crippen molar-refractivity contribution >= 4 is 0 Å². The Bertz CT molecular complexity index is 347. The molecule has 110 valence electrons. The third kappa shape index (κ3) is 4.93. The first-order valence-electron chi connectivity index (χ1n) is 7.15. The Balaban J connectivity index is 2.62. The number of aromatic nitrogens is 2. The second-order valence-electron chi connectivity index (χ2n) is 5.40. The molecule has 0 aliphatic rings. The molecule has 0 fully saturated rings. The van der Waals surface area contributed by atoms with Crippen molar-refractivity contribution in [3.63, 3.8) is 0 Å². The number of nitrogens with zero attached hydrogens (tertiary/aromatic N) is 4. The van der Waals surface area contributed by atoms with Crippen LogP contribution in [0.1, 0.15) is 31.5 Å². The van der Waals surface area contributed by atoms with Crippen molar-refractivity contribution in [1.82, 2.24) is 19.4 Å². The van der Waals surface area contributed by atoms with E-state index in [2.05, 4.69) is 47.4 Å². The van der Waals surface area contributed by atoms with E-state index in [4.69, 9.17) is 5.73 Å². The van der Waals surface area contributed by atoms with Crippen molar-refractivity contribution in [2.75, 3.05) is 40.8 Å². The molecule has 1 aromatic rings. The van der Waals surface area contributed by atoms with Crippen LogP contribution in [0.2, 0.25) is 0 Å². The first-order chi connectivity index (χ1) is 9.10. The Labute approximate surface area is 117 Å². The van der Waals surface area contributed by atoms with Gasteiger partial charge in [-0.05, 0) is 47.1 Å². The largest absolute Gasteiger partial charge is 0.333 e. The van der Waals surface area contributed by atoms with Crippen LogP contribution >= 0.6 is 0 Å². The summed E-state index contributed by atoms with van der Waals surface area (Å²) < 4.78 is 2.22. The minimum atomic E-state index is 0.260. The van der Waals surface area contributed by atoms with Gasteiger partial charge in [-0.3, -0.25) is 4.90 Å². The monoisotopic (exact) mass is 267 g/mol. The van der Waals surface area contributed by atoms with Gasteiger partial charge in [0.2, 0.25) is 0 Å². The maximum absolute atomic E-state index is 5.97. The van der Waals surface area contributed by atoms with E-state index in [1.54, 1.807) is 0 Å². The highest BCUT2D eigenvalue weighted by Crippen LogP contribution is 2.18. The minimum absolute atomic E-state index is 0.260. The molecule has 2 N–H and O–H groups in total. The van der Waals surface area contributed by atoms with Gasteiger partial charge in [-0.2, -0.15) is 0 Å². The fourth-order valence-corrected chi connectivity index (χ4v) is 2.35. The lowest BCUT2D eigenvalue weighted by Gasteiger charge is -2.28. The summed E-state index contributed by atoms with van der Waals surface area (Å²) in [6, 6.07) is 0.260. The average Bonchev–Trinajstić information content (AvgIpc) is 2.78. The lowest BCUT2D eigenvalue weighted by molar-refractivity contribution is 0.227. The molecule has 0 saturated carbocycles. The first-order valence-corrected chi connectivity index (χ1v) is 7.15. The molecule has 0 aromatic carbocycles. The van der Waals surface area contributed by atoms with E-state index in [0.717, 1.165) is 32.5 Å². The normalized spacial score (nSPS) is 13.4. The summed E-state index contributed by atoms with van der Waals surface area (Å²) in [6.45, 7) is 5.99. The predicted octanol–water partition coefficient (Wildman–Crippen LogP) is 1.18. The summed E-state index contributed by atoms with van der Waals surface area (Å²) in [7, 11) is 6.37. The maximum Gasteiger partial charge on any atom is 0.0948 e. The zero-order chi connectivity index (χ0) is 14.3.